The number of amides is 2. The number of nitrogens with one attached hydrogen (secondary N) is 3. The van der Waals surface area contributed by atoms with Crippen molar-refractivity contribution in [3.8, 4) is 0 Å². The average molecular weight is 391 g/mol. The molecule has 0 saturated heterocycles. The summed E-state index contributed by atoms with van der Waals surface area (Å²) < 4.78 is 1.90. The highest BCUT2D eigenvalue weighted by molar-refractivity contribution is 5.97. The maximum atomic E-state index is 12.8. The van der Waals surface area contributed by atoms with Crippen LogP contribution in [-0.4, -0.2) is 39.4 Å². The van der Waals surface area contributed by atoms with Gasteiger partial charge in [-0.15, -0.1) is 6.58 Å². The first kappa shape index (κ1) is 19.0. The molecular formula is C22H25N5O2. The minimum atomic E-state index is -0.256. The van der Waals surface area contributed by atoms with E-state index in [1.165, 1.54) is 5.39 Å². The molecule has 1 aliphatic heterocycles. The predicted molar refractivity (Wildman–Crippen MR) is 112 cm³/mol. The average Bonchev–Trinajstić information content (AvgIpc) is 3.34. The minimum absolute atomic E-state index is 0.240. The Morgan fingerprint density at radius 2 is 2.07 bits per heavy atom. The van der Waals surface area contributed by atoms with Gasteiger partial charge in [0.1, 0.15) is 5.69 Å². The van der Waals surface area contributed by atoms with Crippen molar-refractivity contribution in [1.82, 2.24) is 25.2 Å². The van der Waals surface area contributed by atoms with Crippen LogP contribution in [0.25, 0.3) is 10.9 Å². The van der Waals surface area contributed by atoms with Crippen molar-refractivity contribution in [2.24, 2.45) is 0 Å². The molecule has 29 heavy (non-hydrogen) atoms. The van der Waals surface area contributed by atoms with E-state index in [0.717, 1.165) is 42.5 Å². The maximum Gasteiger partial charge on any atom is 0.287 e. The van der Waals surface area contributed by atoms with Gasteiger partial charge in [0, 0.05) is 36.7 Å². The normalized spacial score (nSPS) is 13.1. The molecule has 3 heterocycles. The number of H-pyrrole nitrogens is 1. The van der Waals surface area contributed by atoms with Crippen molar-refractivity contribution in [1.29, 1.82) is 0 Å². The van der Waals surface area contributed by atoms with E-state index in [1.54, 1.807) is 6.08 Å². The molecule has 3 aromatic rings. The SMILES string of the molecule is C=CCNC(=O)c1nc(C(=O)NCCc2c[nH]c3ccccc23)n2c1CCCC2. The Kier molecular flexibility index (Phi) is 5.46. The first-order valence-corrected chi connectivity index (χ1v) is 10.0. The molecule has 1 aromatic carbocycles. The van der Waals surface area contributed by atoms with Crippen LogP contribution in [-0.2, 0) is 19.4 Å². The van der Waals surface area contributed by atoms with E-state index in [0.29, 0.717) is 31.2 Å². The van der Waals surface area contributed by atoms with E-state index in [-0.39, 0.29) is 11.8 Å². The molecule has 0 aliphatic carbocycles. The van der Waals surface area contributed by atoms with Crippen molar-refractivity contribution in [3.63, 3.8) is 0 Å². The van der Waals surface area contributed by atoms with Gasteiger partial charge in [-0.05, 0) is 37.3 Å². The van der Waals surface area contributed by atoms with E-state index in [4.69, 9.17) is 0 Å². The second kappa shape index (κ2) is 8.34. The second-order valence-electron chi connectivity index (χ2n) is 7.20. The van der Waals surface area contributed by atoms with Crippen molar-refractivity contribution >= 4 is 22.7 Å². The van der Waals surface area contributed by atoms with E-state index in [1.807, 2.05) is 29.0 Å². The zero-order chi connectivity index (χ0) is 20.2. The fraction of sp³-hybridized carbons (Fsp3) is 0.318. The summed E-state index contributed by atoms with van der Waals surface area (Å²) in [4.78, 5) is 32.9. The van der Waals surface area contributed by atoms with Crippen LogP contribution in [0.15, 0.2) is 43.1 Å². The zero-order valence-corrected chi connectivity index (χ0v) is 16.3. The highest BCUT2D eigenvalue weighted by Crippen LogP contribution is 2.21. The highest BCUT2D eigenvalue weighted by atomic mass is 16.2. The molecule has 0 fully saturated rings. The molecule has 1 aliphatic rings. The molecular weight excluding hydrogens is 366 g/mol. The number of rotatable bonds is 7. The first-order valence-electron chi connectivity index (χ1n) is 10.0. The number of carbonyl (C=O) groups is 2. The summed E-state index contributed by atoms with van der Waals surface area (Å²) in [7, 11) is 0. The summed E-state index contributed by atoms with van der Waals surface area (Å²) in [6.45, 7) is 5.20. The van der Waals surface area contributed by atoms with Gasteiger partial charge in [-0.1, -0.05) is 24.3 Å². The molecule has 3 N–H and O–H groups in total. The van der Waals surface area contributed by atoms with E-state index in [2.05, 4.69) is 33.2 Å². The second-order valence-corrected chi connectivity index (χ2v) is 7.20. The molecule has 0 radical (unpaired) electrons. The first-order chi connectivity index (χ1) is 14.2. The summed E-state index contributed by atoms with van der Waals surface area (Å²) in [5.74, 6) is -0.175. The smallest absolute Gasteiger partial charge is 0.287 e. The van der Waals surface area contributed by atoms with Crippen LogP contribution in [0.2, 0.25) is 0 Å². The largest absolute Gasteiger partial charge is 0.361 e. The summed E-state index contributed by atoms with van der Waals surface area (Å²) >= 11 is 0. The lowest BCUT2D eigenvalue weighted by Gasteiger charge is -2.17. The standard InChI is InChI=1S/C22H25N5O2/c1-2-11-23-21(28)19-18-9-5-6-13-27(18)20(26-19)22(29)24-12-10-15-14-25-17-8-4-3-7-16(15)17/h2-4,7-8,14,25H,1,5-6,9-13H2,(H,23,28)(H,24,29). The van der Waals surface area contributed by atoms with Gasteiger partial charge < -0.3 is 20.2 Å². The number of hydrogen-bond acceptors (Lipinski definition) is 3. The number of fused-ring (bicyclic) bond motifs is 2. The molecule has 2 amide bonds. The van der Waals surface area contributed by atoms with Gasteiger partial charge in [-0.25, -0.2) is 4.98 Å². The van der Waals surface area contributed by atoms with Crippen LogP contribution in [0.3, 0.4) is 0 Å². The number of aromatic amines is 1. The van der Waals surface area contributed by atoms with Gasteiger partial charge in [0.15, 0.2) is 5.82 Å². The van der Waals surface area contributed by atoms with Gasteiger partial charge in [-0.2, -0.15) is 0 Å². The van der Waals surface area contributed by atoms with E-state index < -0.39 is 0 Å². The van der Waals surface area contributed by atoms with Gasteiger partial charge >= 0.3 is 0 Å². The van der Waals surface area contributed by atoms with Gasteiger partial charge in [0.25, 0.3) is 11.8 Å². The molecule has 0 unspecified atom stereocenters. The molecule has 7 heteroatoms. The third kappa shape index (κ3) is 3.81. The molecule has 0 saturated carbocycles. The van der Waals surface area contributed by atoms with E-state index >= 15 is 0 Å². The Balaban J connectivity index is 1.47. The fourth-order valence-corrected chi connectivity index (χ4v) is 3.88. The molecule has 2 aromatic heterocycles. The van der Waals surface area contributed by atoms with E-state index in [9.17, 15) is 9.59 Å². The molecule has 7 nitrogen and oxygen atoms in total. The third-order valence-electron chi connectivity index (χ3n) is 5.30. The van der Waals surface area contributed by atoms with Gasteiger partial charge in [0.05, 0.1) is 5.69 Å². The number of benzene rings is 1. The van der Waals surface area contributed by atoms with Crippen molar-refractivity contribution in [3.05, 3.63) is 65.9 Å². The molecule has 4 rings (SSSR count). The summed E-state index contributed by atoms with van der Waals surface area (Å²) in [5.41, 5.74) is 3.45. The lowest BCUT2D eigenvalue weighted by atomic mass is 10.1. The van der Waals surface area contributed by atoms with Crippen LogP contribution in [0, 0.1) is 0 Å². The van der Waals surface area contributed by atoms with Crippen molar-refractivity contribution in [2.45, 2.75) is 32.2 Å². The van der Waals surface area contributed by atoms with Crippen LogP contribution in [0.5, 0.6) is 0 Å². The number of carbonyl (C=O) groups excluding carboxylic acids is 2. The summed E-state index contributed by atoms with van der Waals surface area (Å²) in [6.07, 6.45) is 7.05. The summed E-state index contributed by atoms with van der Waals surface area (Å²) in [5, 5.41) is 6.89. The highest BCUT2D eigenvalue weighted by Gasteiger charge is 2.27. The van der Waals surface area contributed by atoms with Crippen LogP contribution in [0.1, 0.15) is 45.2 Å². The van der Waals surface area contributed by atoms with Crippen LogP contribution in [0.4, 0.5) is 0 Å². The molecule has 150 valence electrons. The van der Waals surface area contributed by atoms with Crippen LogP contribution < -0.4 is 10.6 Å². The maximum absolute atomic E-state index is 12.8. The van der Waals surface area contributed by atoms with Gasteiger partial charge in [0.2, 0.25) is 0 Å². The molecule has 0 spiro atoms. The Hall–Kier alpha value is -3.35. The monoisotopic (exact) mass is 391 g/mol. The Labute approximate surface area is 169 Å². The number of aromatic nitrogens is 3. The Bertz CT molecular complexity index is 1060. The predicted octanol–water partition coefficient (Wildman–Crippen LogP) is 2.59. The van der Waals surface area contributed by atoms with Crippen molar-refractivity contribution < 1.29 is 9.59 Å². The summed E-state index contributed by atoms with van der Waals surface area (Å²) in [6, 6.07) is 8.11. The Morgan fingerprint density at radius 3 is 2.93 bits per heavy atom. The number of para-hydroxylation sites is 1. The topological polar surface area (TPSA) is 91.8 Å². The third-order valence-corrected chi connectivity index (χ3v) is 5.30. The fourth-order valence-electron chi connectivity index (χ4n) is 3.88. The van der Waals surface area contributed by atoms with Crippen LogP contribution >= 0.6 is 0 Å². The van der Waals surface area contributed by atoms with Gasteiger partial charge in [-0.3, -0.25) is 9.59 Å². The van der Waals surface area contributed by atoms with Crippen molar-refractivity contribution in [2.75, 3.05) is 13.1 Å². The number of imidazole rings is 1. The number of nitrogens with zero attached hydrogens (tertiary/aromatic N) is 2. The lowest BCUT2D eigenvalue weighted by Crippen LogP contribution is -2.29. The lowest BCUT2D eigenvalue weighted by molar-refractivity contribution is 0.0938. The minimum Gasteiger partial charge on any atom is -0.361 e. The quantitative estimate of drug-likeness (QED) is 0.541. The molecule has 0 atom stereocenters. The Morgan fingerprint density at radius 1 is 1.21 bits per heavy atom. The molecule has 0 bridgehead atoms. The number of hydrogen-bond donors (Lipinski definition) is 3. The zero-order valence-electron chi connectivity index (χ0n) is 16.3.